The molecule has 1 aliphatic rings. The first-order valence-corrected chi connectivity index (χ1v) is 6.80. The van der Waals surface area contributed by atoms with E-state index in [0.29, 0.717) is 6.42 Å². The third kappa shape index (κ3) is 5.04. The number of rotatable bonds is 6. The molecular weight excluding hydrogens is 214 g/mol. The third-order valence-electron chi connectivity index (χ3n) is 3.57. The van der Waals surface area contributed by atoms with Crippen LogP contribution in [0.3, 0.4) is 0 Å². The van der Waals surface area contributed by atoms with Gasteiger partial charge in [-0.15, -0.1) is 0 Å². The number of amides is 1. The molecule has 0 unspecified atom stereocenters. The fourth-order valence-electron chi connectivity index (χ4n) is 2.43. The molecule has 0 aromatic heterocycles. The van der Waals surface area contributed by atoms with Crippen molar-refractivity contribution in [2.75, 3.05) is 40.3 Å². The van der Waals surface area contributed by atoms with Crippen molar-refractivity contribution in [3.8, 4) is 0 Å². The lowest BCUT2D eigenvalue weighted by Gasteiger charge is -2.33. The molecular formula is C13H27N3O. The molecule has 1 rings (SSSR count). The molecule has 1 heterocycles. The van der Waals surface area contributed by atoms with E-state index in [0.717, 1.165) is 38.6 Å². The highest BCUT2D eigenvalue weighted by Gasteiger charge is 2.19. The summed E-state index contributed by atoms with van der Waals surface area (Å²) in [5, 5.41) is 3.40. The van der Waals surface area contributed by atoms with Gasteiger partial charge in [0.25, 0.3) is 0 Å². The van der Waals surface area contributed by atoms with E-state index < -0.39 is 0 Å². The zero-order valence-corrected chi connectivity index (χ0v) is 11.5. The van der Waals surface area contributed by atoms with Gasteiger partial charge in [-0.05, 0) is 45.4 Å². The number of hydrogen-bond acceptors (Lipinski definition) is 3. The predicted molar refractivity (Wildman–Crippen MR) is 71.1 cm³/mol. The summed E-state index contributed by atoms with van der Waals surface area (Å²) in [6.45, 7) is 6.65. The average Bonchev–Trinajstić information content (AvgIpc) is 2.35. The maximum Gasteiger partial charge on any atom is 0.222 e. The Balaban J connectivity index is 2.24. The minimum absolute atomic E-state index is 0.242. The summed E-state index contributed by atoms with van der Waals surface area (Å²) < 4.78 is 0. The third-order valence-corrected chi connectivity index (χ3v) is 3.57. The average molecular weight is 241 g/mol. The highest BCUT2D eigenvalue weighted by molar-refractivity contribution is 5.75. The summed E-state index contributed by atoms with van der Waals surface area (Å²) in [4.78, 5) is 15.7. The standard InChI is InChI=1S/C13H27N3O/c1-4-16(12-7-9-14-10-8-12)11-5-6-13(17)15(2)3/h12,14H,4-11H2,1-3H3. The first-order valence-electron chi connectivity index (χ1n) is 6.80. The normalized spacial score (nSPS) is 17.4. The van der Waals surface area contributed by atoms with Crippen LogP contribution in [-0.4, -0.2) is 62.0 Å². The van der Waals surface area contributed by atoms with Gasteiger partial charge in [-0.25, -0.2) is 0 Å². The van der Waals surface area contributed by atoms with Gasteiger partial charge in [-0.2, -0.15) is 0 Å². The Labute approximate surface area is 105 Å². The van der Waals surface area contributed by atoms with Crippen molar-refractivity contribution in [1.29, 1.82) is 0 Å². The highest BCUT2D eigenvalue weighted by atomic mass is 16.2. The smallest absolute Gasteiger partial charge is 0.222 e. The van der Waals surface area contributed by atoms with Crippen molar-refractivity contribution in [3.63, 3.8) is 0 Å². The van der Waals surface area contributed by atoms with Crippen molar-refractivity contribution in [2.45, 2.75) is 38.6 Å². The quantitative estimate of drug-likeness (QED) is 0.751. The summed E-state index contributed by atoms with van der Waals surface area (Å²) >= 11 is 0. The Morgan fingerprint density at radius 2 is 1.94 bits per heavy atom. The number of nitrogens with one attached hydrogen (secondary N) is 1. The van der Waals surface area contributed by atoms with E-state index in [-0.39, 0.29) is 5.91 Å². The van der Waals surface area contributed by atoms with Gasteiger partial charge >= 0.3 is 0 Å². The molecule has 17 heavy (non-hydrogen) atoms. The van der Waals surface area contributed by atoms with Crippen molar-refractivity contribution in [1.82, 2.24) is 15.1 Å². The highest BCUT2D eigenvalue weighted by Crippen LogP contribution is 2.12. The second-order valence-corrected chi connectivity index (χ2v) is 5.00. The van der Waals surface area contributed by atoms with Crippen LogP contribution in [-0.2, 0) is 4.79 Å². The molecule has 100 valence electrons. The van der Waals surface area contributed by atoms with Crippen LogP contribution < -0.4 is 5.32 Å². The van der Waals surface area contributed by atoms with E-state index in [1.54, 1.807) is 4.90 Å². The number of piperidine rings is 1. The maximum absolute atomic E-state index is 11.5. The Hall–Kier alpha value is -0.610. The summed E-state index contributed by atoms with van der Waals surface area (Å²) in [6.07, 6.45) is 4.15. The first-order chi connectivity index (χ1) is 8.15. The Morgan fingerprint density at radius 3 is 2.47 bits per heavy atom. The molecule has 0 atom stereocenters. The van der Waals surface area contributed by atoms with E-state index in [2.05, 4.69) is 17.1 Å². The molecule has 4 heteroatoms. The van der Waals surface area contributed by atoms with Gasteiger partial charge < -0.3 is 15.1 Å². The maximum atomic E-state index is 11.5. The molecule has 0 spiro atoms. The fraction of sp³-hybridized carbons (Fsp3) is 0.923. The molecule has 1 fully saturated rings. The monoisotopic (exact) mass is 241 g/mol. The first kappa shape index (κ1) is 14.5. The van der Waals surface area contributed by atoms with Gasteiger partial charge in [0.15, 0.2) is 0 Å². The molecule has 0 saturated carbocycles. The summed E-state index contributed by atoms with van der Waals surface area (Å²) in [7, 11) is 3.65. The molecule has 4 nitrogen and oxygen atoms in total. The van der Waals surface area contributed by atoms with Gasteiger partial charge in [0.2, 0.25) is 5.91 Å². The van der Waals surface area contributed by atoms with E-state index in [1.165, 1.54) is 12.8 Å². The van der Waals surface area contributed by atoms with Crippen LogP contribution in [0, 0.1) is 0 Å². The zero-order chi connectivity index (χ0) is 12.7. The molecule has 0 aromatic carbocycles. The van der Waals surface area contributed by atoms with E-state index in [4.69, 9.17) is 0 Å². The van der Waals surface area contributed by atoms with Crippen LogP contribution >= 0.6 is 0 Å². The summed E-state index contributed by atoms with van der Waals surface area (Å²) in [5.74, 6) is 0.242. The van der Waals surface area contributed by atoms with Gasteiger partial charge in [0, 0.05) is 26.6 Å². The molecule has 1 aliphatic heterocycles. The molecule has 0 aromatic rings. The fourth-order valence-corrected chi connectivity index (χ4v) is 2.43. The van der Waals surface area contributed by atoms with E-state index in [1.807, 2.05) is 14.1 Å². The Bertz CT molecular complexity index is 225. The largest absolute Gasteiger partial charge is 0.349 e. The van der Waals surface area contributed by atoms with Crippen molar-refractivity contribution in [2.24, 2.45) is 0 Å². The van der Waals surface area contributed by atoms with Crippen molar-refractivity contribution in [3.05, 3.63) is 0 Å². The van der Waals surface area contributed by atoms with Crippen LogP contribution in [0.2, 0.25) is 0 Å². The SMILES string of the molecule is CCN(CCCC(=O)N(C)C)C1CCNCC1. The Morgan fingerprint density at radius 1 is 1.29 bits per heavy atom. The van der Waals surface area contributed by atoms with Gasteiger partial charge in [-0.3, -0.25) is 4.79 Å². The minimum Gasteiger partial charge on any atom is -0.349 e. The molecule has 1 amide bonds. The van der Waals surface area contributed by atoms with Crippen LogP contribution in [0.1, 0.15) is 32.6 Å². The lowest BCUT2D eigenvalue weighted by molar-refractivity contribution is -0.128. The lowest BCUT2D eigenvalue weighted by Crippen LogP contribution is -2.43. The Kier molecular flexibility index (Phi) is 6.52. The number of nitrogens with zero attached hydrogens (tertiary/aromatic N) is 2. The van der Waals surface area contributed by atoms with Crippen LogP contribution in [0.25, 0.3) is 0 Å². The number of hydrogen-bond donors (Lipinski definition) is 1. The summed E-state index contributed by atoms with van der Waals surface area (Å²) in [6, 6.07) is 0.718. The van der Waals surface area contributed by atoms with Crippen molar-refractivity contribution < 1.29 is 4.79 Å². The topological polar surface area (TPSA) is 35.6 Å². The van der Waals surface area contributed by atoms with Gasteiger partial charge in [0.05, 0.1) is 0 Å². The molecule has 0 radical (unpaired) electrons. The predicted octanol–water partition coefficient (Wildman–Crippen LogP) is 0.929. The van der Waals surface area contributed by atoms with Crippen molar-refractivity contribution >= 4 is 5.91 Å². The van der Waals surface area contributed by atoms with E-state index in [9.17, 15) is 4.79 Å². The molecule has 1 N–H and O–H groups in total. The van der Waals surface area contributed by atoms with Crippen LogP contribution in [0.4, 0.5) is 0 Å². The number of carbonyl (C=O) groups excluding carboxylic acids is 1. The minimum atomic E-state index is 0.242. The van der Waals surface area contributed by atoms with Crippen LogP contribution in [0.5, 0.6) is 0 Å². The van der Waals surface area contributed by atoms with Gasteiger partial charge in [0.1, 0.15) is 0 Å². The number of carbonyl (C=O) groups is 1. The zero-order valence-electron chi connectivity index (χ0n) is 11.5. The molecule has 0 bridgehead atoms. The lowest BCUT2D eigenvalue weighted by atomic mass is 10.0. The second-order valence-electron chi connectivity index (χ2n) is 5.00. The second kappa shape index (κ2) is 7.67. The van der Waals surface area contributed by atoms with Crippen LogP contribution in [0.15, 0.2) is 0 Å². The van der Waals surface area contributed by atoms with Gasteiger partial charge in [-0.1, -0.05) is 6.92 Å². The molecule has 1 saturated heterocycles. The molecule has 0 aliphatic carbocycles. The summed E-state index contributed by atoms with van der Waals surface area (Å²) in [5.41, 5.74) is 0. The van der Waals surface area contributed by atoms with E-state index >= 15 is 0 Å².